The van der Waals surface area contributed by atoms with Crippen molar-refractivity contribution < 1.29 is 4.79 Å². The van der Waals surface area contributed by atoms with Gasteiger partial charge in [0.05, 0.1) is 16.1 Å². The van der Waals surface area contributed by atoms with E-state index in [4.69, 9.17) is 23.2 Å². The van der Waals surface area contributed by atoms with E-state index in [9.17, 15) is 4.79 Å². The quantitative estimate of drug-likeness (QED) is 0.878. The number of pyridine rings is 1. The predicted molar refractivity (Wildman–Crippen MR) is 101 cm³/mol. The molecule has 1 saturated heterocycles. The lowest BCUT2D eigenvalue weighted by Gasteiger charge is -2.35. The normalized spacial score (nSPS) is 15.8. The standard InChI is InChI=1S/C18H20Cl2N4O/c1-13(14-5-6-15(19)16(20)12-14)22-18(25)24-10-8-23(9-11-24)17-4-2-3-7-21-17/h2-7,12-13H,8-11H2,1H3,(H,22,25). The molecule has 1 N–H and O–H groups in total. The fourth-order valence-electron chi connectivity index (χ4n) is 2.82. The monoisotopic (exact) mass is 378 g/mol. The van der Waals surface area contributed by atoms with Crippen molar-refractivity contribution in [3.8, 4) is 0 Å². The first-order chi connectivity index (χ1) is 12.0. The van der Waals surface area contributed by atoms with Crippen LogP contribution in [0.5, 0.6) is 0 Å². The number of benzene rings is 1. The number of nitrogens with zero attached hydrogens (tertiary/aromatic N) is 3. The summed E-state index contributed by atoms with van der Waals surface area (Å²) >= 11 is 12.0. The summed E-state index contributed by atoms with van der Waals surface area (Å²) in [5, 5.41) is 4.02. The van der Waals surface area contributed by atoms with E-state index >= 15 is 0 Å². The molecule has 0 bridgehead atoms. The number of nitrogens with one attached hydrogen (secondary N) is 1. The summed E-state index contributed by atoms with van der Waals surface area (Å²) in [6, 6.07) is 11.1. The van der Waals surface area contributed by atoms with Crippen molar-refractivity contribution in [1.82, 2.24) is 15.2 Å². The molecular formula is C18H20Cl2N4O. The van der Waals surface area contributed by atoms with Crippen molar-refractivity contribution in [3.63, 3.8) is 0 Å². The van der Waals surface area contributed by atoms with Crippen LogP contribution in [0.2, 0.25) is 10.0 Å². The molecule has 1 fully saturated rings. The predicted octanol–water partition coefficient (Wildman–Crippen LogP) is 3.98. The first-order valence-corrected chi connectivity index (χ1v) is 8.96. The van der Waals surface area contributed by atoms with Crippen LogP contribution < -0.4 is 10.2 Å². The highest BCUT2D eigenvalue weighted by Gasteiger charge is 2.23. The lowest BCUT2D eigenvalue weighted by Crippen LogP contribution is -2.52. The Balaban J connectivity index is 1.55. The first kappa shape index (κ1) is 17.8. The van der Waals surface area contributed by atoms with Crippen LogP contribution in [0.3, 0.4) is 0 Å². The third-order valence-corrected chi connectivity index (χ3v) is 5.06. The first-order valence-electron chi connectivity index (χ1n) is 8.21. The topological polar surface area (TPSA) is 48.5 Å². The minimum atomic E-state index is -0.143. The number of anilines is 1. The van der Waals surface area contributed by atoms with Gasteiger partial charge in [-0.3, -0.25) is 0 Å². The Bertz CT molecular complexity index is 733. The number of hydrogen-bond acceptors (Lipinski definition) is 3. The van der Waals surface area contributed by atoms with Crippen molar-refractivity contribution in [2.24, 2.45) is 0 Å². The van der Waals surface area contributed by atoms with Gasteiger partial charge in [0.2, 0.25) is 0 Å². The van der Waals surface area contributed by atoms with Crippen LogP contribution in [0.25, 0.3) is 0 Å². The molecule has 2 aromatic rings. The highest BCUT2D eigenvalue weighted by Crippen LogP contribution is 2.25. The molecule has 0 aliphatic carbocycles. The SMILES string of the molecule is CC(NC(=O)N1CCN(c2ccccn2)CC1)c1ccc(Cl)c(Cl)c1. The van der Waals surface area contributed by atoms with Crippen molar-refractivity contribution in [2.75, 3.05) is 31.1 Å². The Kier molecular flexibility index (Phi) is 5.66. The van der Waals surface area contributed by atoms with Crippen LogP contribution in [-0.2, 0) is 0 Å². The number of aromatic nitrogens is 1. The number of carbonyl (C=O) groups is 1. The summed E-state index contributed by atoms with van der Waals surface area (Å²) in [7, 11) is 0. The minimum Gasteiger partial charge on any atom is -0.353 e. The van der Waals surface area contributed by atoms with Crippen LogP contribution in [0, 0.1) is 0 Å². The molecule has 132 valence electrons. The van der Waals surface area contributed by atoms with Crippen molar-refractivity contribution in [3.05, 3.63) is 58.2 Å². The Morgan fingerprint density at radius 1 is 1.12 bits per heavy atom. The molecule has 3 rings (SSSR count). The van der Waals surface area contributed by atoms with Gasteiger partial charge in [-0.05, 0) is 36.8 Å². The van der Waals surface area contributed by atoms with Crippen molar-refractivity contribution in [2.45, 2.75) is 13.0 Å². The molecule has 0 saturated carbocycles. The molecule has 25 heavy (non-hydrogen) atoms. The zero-order valence-corrected chi connectivity index (χ0v) is 15.5. The molecule has 0 radical (unpaired) electrons. The zero-order valence-electron chi connectivity index (χ0n) is 14.0. The molecule has 1 aromatic carbocycles. The van der Waals surface area contributed by atoms with E-state index < -0.39 is 0 Å². The molecule has 1 atom stereocenters. The number of urea groups is 1. The summed E-state index contributed by atoms with van der Waals surface area (Å²) in [5.41, 5.74) is 0.926. The Morgan fingerprint density at radius 2 is 1.88 bits per heavy atom. The molecule has 0 spiro atoms. The molecule has 1 aromatic heterocycles. The number of halogens is 2. The molecule has 2 amide bonds. The van der Waals surface area contributed by atoms with E-state index in [-0.39, 0.29) is 12.1 Å². The van der Waals surface area contributed by atoms with Gasteiger partial charge >= 0.3 is 6.03 Å². The summed E-state index contributed by atoms with van der Waals surface area (Å²) in [5.74, 6) is 0.951. The lowest BCUT2D eigenvalue weighted by molar-refractivity contribution is 0.191. The van der Waals surface area contributed by atoms with E-state index in [0.717, 1.165) is 24.5 Å². The largest absolute Gasteiger partial charge is 0.353 e. The molecule has 1 aliphatic rings. The minimum absolute atomic E-state index is 0.0701. The average Bonchev–Trinajstić information content (AvgIpc) is 2.64. The highest BCUT2D eigenvalue weighted by atomic mass is 35.5. The van der Waals surface area contributed by atoms with Crippen LogP contribution in [0.15, 0.2) is 42.6 Å². The van der Waals surface area contributed by atoms with Gasteiger partial charge in [-0.15, -0.1) is 0 Å². The number of carbonyl (C=O) groups excluding carboxylic acids is 1. The van der Waals surface area contributed by atoms with Crippen LogP contribution in [0.4, 0.5) is 10.6 Å². The smallest absolute Gasteiger partial charge is 0.317 e. The Labute approximate surface area is 157 Å². The molecule has 2 heterocycles. The second-order valence-corrected chi connectivity index (χ2v) is 6.82. The second-order valence-electron chi connectivity index (χ2n) is 6.01. The summed E-state index contributed by atoms with van der Waals surface area (Å²) in [4.78, 5) is 20.9. The summed E-state index contributed by atoms with van der Waals surface area (Å²) in [6.45, 7) is 4.80. The van der Waals surface area contributed by atoms with Crippen LogP contribution in [0.1, 0.15) is 18.5 Å². The maximum Gasteiger partial charge on any atom is 0.317 e. The van der Waals surface area contributed by atoms with E-state index in [0.29, 0.717) is 23.1 Å². The molecule has 1 aliphatic heterocycles. The van der Waals surface area contributed by atoms with Crippen LogP contribution >= 0.6 is 23.2 Å². The fraction of sp³-hybridized carbons (Fsp3) is 0.333. The van der Waals surface area contributed by atoms with Crippen molar-refractivity contribution in [1.29, 1.82) is 0 Å². The third-order valence-electron chi connectivity index (χ3n) is 4.32. The van der Waals surface area contributed by atoms with E-state index in [1.165, 1.54) is 0 Å². The molecule has 7 heteroatoms. The number of rotatable bonds is 3. The van der Waals surface area contributed by atoms with Crippen LogP contribution in [-0.4, -0.2) is 42.1 Å². The van der Waals surface area contributed by atoms with Gasteiger partial charge in [0.25, 0.3) is 0 Å². The Hall–Kier alpha value is -1.98. The zero-order chi connectivity index (χ0) is 17.8. The molecule has 5 nitrogen and oxygen atoms in total. The molecule has 1 unspecified atom stereocenters. The van der Waals surface area contributed by atoms with Gasteiger partial charge in [-0.2, -0.15) is 0 Å². The summed E-state index contributed by atoms with van der Waals surface area (Å²) in [6.07, 6.45) is 1.79. The van der Waals surface area contributed by atoms with E-state index in [2.05, 4.69) is 15.2 Å². The van der Waals surface area contributed by atoms with Gasteiger partial charge in [-0.25, -0.2) is 9.78 Å². The summed E-state index contributed by atoms with van der Waals surface area (Å²) < 4.78 is 0. The van der Waals surface area contributed by atoms with Gasteiger partial charge < -0.3 is 15.1 Å². The van der Waals surface area contributed by atoms with Gasteiger partial charge in [0.15, 0.2) is 0 Å². The number of piperazine rings is 1. The lowest BCUT2D eigenvalue weighted by atomic mass is 10.1. The highest BCUT2D eigenvalue weighted by molar-refractivity contribution is 6.42. The second kappa shape index (κ2) is 7.93. The molecular weight excluding hydrogens is 359 g/mol. The van der Waals surface area contributed by atoms with Crippen molar-refractivity contribution >= 4 is 35.1 Å². The number of amides is 2. The van der Waals surface area contributed by atoms with Gasteiger partial charge in [0, 0.05) is 32.4 Å². The fourth-order valence-corrected chi connectivity index (χ4v) is 3.13. The third kappa shape index (κ3) is 4.35. The maximum atomic E-state index is 12.5. The maximum absolute atomic E-state index is 12.5. The average molecular weight is 379 g/mol. The van der Waals surface area contributed by atoms with E-state index in [1.54, 1.807) is 18.3 Å². The van der Waals surface area contributed by atoms with Gasteiger partial charge in [-0.1, -0.05) is 35.3 Å². The number of hydrogen-bond donors (Lipinski definition) is 1. The Morgan fingerprint density at radius 3 is 2.52 bits per heavy atom. The van der Waals surface area contributed by atoms with Gasteiger partial charge in [0.1, 0.15) is 5.82 Å². The van der Waals surface area contributed by atoms with E-state index in [1.807, 2.05) is 36.1 Å².